The number of ether oxygens (including phenoxy) is 2. The largest absolute Gasteiger partial charge is 0.496 e. The van der Waals surface area contributed by atoms with Gasteiger partial charge in [-0.3, -0.25) is 0 Å². The molecular weight excluding hydrogens is 447 g/mol. The Morgan fingerprint density at radius 1 is 1.21 bits per heavy atom. The van der Waals surface area contributed by atoms with Gasteiger partial charge in [-0.15, -0.1) is 0 Å². The van der Waals surface area contributed by atoms with Crippen LogP contribution in [0, 0.1) is 6.92 Å². The van der Waals surface area contributed by atoms with Crippen LogP contribution in [0.25, 0.3) is 16.5 Å². The first kappa shape index (κ1) is 25.0. The van der Waals surface area contributed by atoms with Gasteiger partial charge in [-0.25, -0.2) is 14.8 Å². The average Bonchev–Trinajstić information content (AvgIpc) is 2.77. The minimum atomic E-state index is -4.43. The predicted molar refractivity (Wildman–Crippen MR) is 125 cm³/mol. The highest BCUT2D eigenvalue weighted by molar-refractivity contribution is 5.97. The number of esters is 1. The molecule has 1 atom stereocenters. The lowest BCUT2D eigenvalue weighted by Gasteiger charge is -2.19. The van der Waals surface area contributed by atoms with Gasteiger partial charge in [-0.05, 0) is 57.0 Å². The summed E-state index contributed by atoms with van der Waals surface area (Å²) in [6.07, 6.45) is -3.05. The third-order valence-electron chi connectivity index (χ3n) is 5.24. The van der Waals surface area contributed by atoms with Crippen LogP contribution in [0.4, 0.5) is 19.0 Å². The van der Waals surface area contributed by atoms with Crippen molar-refractivity contribution in [2.45, 2.75) is 39.9 Å². The topological polar surface area (TPSA) is 73.3 Å². The molecule has 0 spiro atoms. The molecule has 0 saturated heterocycles. The molecule has 1 heterocycles. The van der Waals surface area contributed by atoms with Crippen LogP contribution in [0.3, 0.4) is 0 Å². The lowest BCUT2D eigenvalue weighted by molar-refractivity contribution is -0.138. The third kappa shape index (κ3) is 5.65. The van der Waals surface area contributed by atoms with Crippen LogP contribution in [0.5, 0.6) is 5.75 Å². The minimum Gasteiger partial charge on any atom is -0.496 e. The molecule has 0 unspecified atom stereocenters. The molecule has 0 saturated carbocycles. The van der Waals surface area contributed by atoms with Crippen molar-refractivity contribution >= 4 is 28.3 Å². The zero-order valence-electron chi connectivity index (χ0n) is 19.6. The molecule has 0 radical (unpaired) electrons. The second kappa shape index (κ2) is 10.1. The molecule has 0 aliphatic carbocycles. The number of halogens is 3. The number of carbonyl (C=O) groups excluding carboxylic acids is 1. The number of nitrogens with zero attached hydrogens (tertiary/aromatic N) is 2. The number of hydrogen-bond acceptors (Lipinski definition) is 6. The molecule has 3 rings (SSSR count). The molecule has 180 valence electrons. The van der Waals surface area contributed by atoms with Gasteiger partial charge in [-0.2, -0.15) is 13.2 Å². The first-order valence-electron chi connectivity index (χ1n) is 10.7. The van der Waals surface area contributed by atoms with Gasteiger partial charge in [-0.1, -0.05) is 12.1 Å². The number of alkyl halides is 3. The van der Waals surface area contributed by atoms with Gasteiger partial charge in [0, 0.05) is 29.1 Å². The van der Waals surface area contributed by atoms with E-state index in [1.54, 1.807) is 45.9 Å². The van der Waals surface area contributed by atoms with Gasteiger partial charge in [0.05, 0.1) is 24.8 Å². The van der Waals surface area contributed by atoms with Crippen LogP contribution in [0.1, 0.15) is 49.3 Å². The van der Waals surface area contributed by atoms with E-state index in [4.69, 9.17) is 9.47 Å². The van der Waals surface area contributed by atoms with E-state index < -0.39 is 23.8 Å². The maximum Gasteiger partial charge on any atom is 0.416 e. The summed E-state index contributed by atoms with van der Waals surface area (Å²) in [5, 5.41) is 3.85. The minimum absolute atomic E-state index is 0.256. The summed E-state index contributed by atoms with van der Waals surface area (Å²) in [6, 6.07) is 8.23. The molecule has 0 amide bonds. The van der Waals surface area contributed by atoms with Crippen LogP contribution in [-0.2, 0) is 15.7 Å². The average molecular weight is 473 g/mol. The number of aryl methyl sites for hydroxylation is 1. The number of fused-ring (bicyclic) bond motifs is 1. The summed E-state index contributed by atoms with van der Waals surface area (Å²) in [7, 11) is 1.52. The van der Waals surface area contributed by atoms with E-state index in [0.717, 1.165) is 12.1 Å². The van der Waals surface area contributed by atoms with Crippen molar-refractivity contribution in [3.05, 3.63) is 65.0 Å². The normalized spacial score (nSPS) is 13.0. The number of aromatic nitrogens is 2. The second-order valence-electron chi connectivity index (χ2n) is 7.76. The molecular formula is C25H26F3N3O3. The quantitative estimate of drug-likeness (QED) is 0.330. The summed E-state index contributed by atoms with van der Waals surface area (Å²) in [5.74, 6) is 0.986. The number of benzene rings is 2. The van der Waals surface area contributed by atoms with Crippen LogP contribution >= 0.6 is 0 Å². The summed E-state index contributed by atoms with van der Waals surface area (Å²) < 4.78 is 50.0. The Labute approximate surface area is 195 Å². The number of carbonyl (C=O) groups is 1. The number of nitrogens with one attached hydrogen (secondary N) is 1. The summed E-state index contributed by atoms with van der Waals surface area (Å²) in [6.45, 7) is 7.22. The van der Waals surface area contributed by atoms with Gasteiger partial charge in [0.2, 0.25) is 0 Å². The van der Waals surface area contributed by atoms with Crippen molar-refractivity contribution in [3.8, 4) is 5.75 Å². The monoisotopic (exact) mass is 473 g/mol. The Balaban J connectivity index is 2.06. The molecule has 9 heteroatoms. The van der Waals surface area contributed by atoms with E-state index >= 15 is 0 Å². The van der Waals surface area contributed by atoms with Gasteiger partial charge >= 0.3 is 12.1 Å². The van der Waals surface area contributed by atoms with Gasteiger partial charge in [0.15, 0.2) is 0 Å². The van der Waals surface area contributed by atoms with E-state index in [9.17, 15) is 18.0 Å². The number of allylic oxidation sites excluding steroid dienone is 1. The molecule has 2 aromatic carbocycles. The highest BCUT2D eigenvalue weighted by Gasteiger charge is 2.30. The Hall–Kier alpha value is -3.62. The Morgan fingerprint density at radius 2 is 1.94 bits per heavy atom. The molecule has 0 fully saturated rings. The number of hydrogen-bond donors (Lipinski definition) is 1. The lowest BCUT2D eigenvalue weighted by atomic mass is 10.0. The molecule has 0 aliphatic heterocycles. The maximum atomic E-state index is 13.2. The number of rotatable bonds is 7. The summed E-state index contributed by atoms with van der Waals surface area (Å²) >= 11 is 0. The molecule has 34 heavy (non-hydrogen) atoms. The highest BCUT2D eigenvalue weighted by Crippen LogP contribution is 2.35. The Bertz CT molecular complexity index is 1240. The molecule has 0 aliphatic rings. The fraction of sp³-hybridized carbons (Fsp3) is 0.320. The van der Waals surface area contributed by atoms with Crippen LogP contribution in [0.15, 0.2) is 42.5 Å². The SMILES string of the molecule is CCOC(=O)/C=C(\C)c1cc2c(N[C@H](C)c3cccc(C(F)(F)F)c3)nc(C)nc2cc1OC. The molecule has 0 bridgehead atoms. The number of anilines is 1. The van der Waals surface area contributed by atoms with E-state index in [-0.39, 0.29) is 6.61 Å². The van der Waals surface area contributed by atoms with Crippen molar-refractivity contribution in [1.82, 2.24) is 9.97 Å². The van der Waals surface area contributed by atoms with Gasteiger partial charge in [0.1, 0.15) is 17.4 Å². The molecule has 3 aromatic rings. The van der Waals surface area contributed by atoms with E-state index in [2.05, 4.69) is 15.3 Å². The molecule has 1 N–H and O–H groups in total. The van der Waals surface area contributed by atoms with Gasteiger partial charge < -0.3 is 14.8 Å². The Kier molecular flexibility index (Phi) is 7.44. The van der Waals surface area contributed by atoms with E-state index in [1.807, 2.05) is 0 Å². The second-order valence-corrected chi connectivity index (χ2v) is 7.76. The van der Waals surface area contributed by atoms with Gasteiger partial charge in [0.25, 0.3) is 0 Å². The summed E-state index contributed by atoms with van der Waals surface area (Å²) in [4.78, 5) is 20.9. The number of methoxy groups -OCH3 is 1. The molecule has 6 nitrogen and oxygen atoms in total. The maximum absolute atomic E-state index is 13.2. The van der Waals surface area contributed by atoms with Crippen molar-refractivity contribution in [3.63, 3.8) is 0 Å². The zero-order chi connectivity index (χ0) is 25.0. The summed E-state index contributed by atoms with van der Waals surface area (Å²) in [5.41, 5.74) is 1.61. The predicted octanol–water partition coefficient (Wildman–Crippen LogP) is 6.11. The zero-order valence-corrected chi connectivity index (χ0v) is 19.6. The van der Waals surface area contributed by atoms with Crippen molar-refractivity contribution < 1.29 is 27.4 Å². The van der Waals surface area contributed by atoms with Crippen molar-refractivity contribution in [2.75, 3.05) is 19.0 Å². The van der Waals surface area contributed by atoms with Crippen LogP contribution < -0.4 is 10.1 Å². The van der Waals surface area contributed by atoms with Crippen molar-refractivity contribution in [1.29, 1.82) is 0 Å². The third-order valence-corrected chi connectivity index (χ3v) is 5.24. The lowest BCUT2D eigenvalue weighted by Crippen LogP contribution is -2.12. The standard InChI is InChI=1S/C25H26F3N3O3/c1-6-34-23(32)10-14(2)19-12-20-21(13-22(19)33-5)30-16(4)31-24(20)29-15(3)17-8-7-9-18(11-17)25(26,27)28/h7-13,15H,6H2,1-5H3,(H,29,30,31)/b14-10+/t15-/m1/s1. The fourth-order valence-electron chi connectivity index (χ4n) is 3.57. The van der Waals surface area contributed by atoms with E-state index in [1.165, 1.54) is 19.3 Å². The van der Waals surface area contributed by atoms with Crippen LogP contribution in [-0.4, -0.2) is 29.7 Å². The van der Waals surface area contributed by atoms with Crippen molar-refractivity contribution in [2.24, 2.45) is 0 Å². The first-order chi connectivity index (χ1) is 16.0. The van der Waals surface area contributed by atoms with E-state index in [0.29, 0.717) is 45.0 Å². The smallest absolute Gasteiger partial charge is 0.416 e. The highest BCUT2D eigenvalue weighted by atomic mass is 19.4. The van der Waals surface area contributed by atoms with Crippen LogP contribution in [0.2, 0.25) is 0 Å². The fourth-order valence-corrected chi connectivity index (χ4v) is 3.57. The Morgan fingerprint density at radius 3 is 2.59 bits per heavy atom. The molecule has 1 aromatic heterocycles. The first-order valence-corrected chi connectivity index (χ1v) is 10.7.